The second-order valence-corrected chi connectivity index (χ2v) is 8.20. The molecule has 7 heteroatoms. The number of amides is 1. The molecule has 1 fully saturated rings. The SMILES string of the molecule is Cc1cccc(-n2ncc(C(=O)NCC(c3ccccc3Cl)N3CCOCC3)c2C)c1. The first-order valence-electron chi connectivity index (χ1n) is 10.5. The molecular weight excluding hydrogens is 412 g/mol. The number of aryl methyl sites for hydroxylation is 1. The standard InChI is InChI=1S/C24H27ClN4O2/c1-17-6-5-7-19(14-17)29-18(2)21(15-27-29)24(30)26-16-23(28-10-12-31-13-11-28)20-8-3-4-9-22(20)25/h3-9,14-15,23H,10-13,16H2,1-2H3,(H,26,30). The highest BCUT2D eigenvalue weighted by Crippen LogP contribution is 2.28. The molecule has 0 aliphatic carbocycles. The average Bonchev–Trinajstić information content (AvgIpc) is 3.17. The number of hydrogen-bond acceptors (Lipinski definition) is 4. The molecular formula is C24H27ClN4O2. The van der Waals surface area contributed by atoms with Crippen LogP contribution in [0.15, 0.2) is 54.7 Å². The quantitative estimate of drug-likeness (QED) is 0.633. The maximum Gasteiger partial charge on any atom is 0.254 e. The summed E-state index contributed by atoms with van der Waals surface area (Å²) in [6.07, 6.45) is 1.63. The lowest BCUT2D eigenvalue weighted by Gasteiger charge is -2.35. The van der Waals surface area contributed by atoms with Gasteiger partial charge < -0.3 is 10.1 Å². The number of ether oxygens (including phenoxy) is 1. The summed E-state index contributed by atoms with van der Waals surface area (Å²) in [5.41, 5.74) is 4.48. The number of nitrogens with one attached hydrogen (secondary N) is 1. The molecule has 3 aromatic rings. The summed E-state index contributed by atoms with van der Waals surface area (Å²) in [5, 5.41) is 8.26. The van der Waals surface area contributed by atoms with E-state index < -0.39 is 0 Å². The average molecular weight is 439 g/mol. The van der Waals surface area contributed by atoms with Crippen LogP contribution in [0.1, 0.15) is 33.2 Å². The number of rotatable bonds is 6. The fourth-order valence-corrected chi connectivity index (χ4v) is 4.27. The van der Waals surface area contributed by atoms with Crippen molar-refractivity contribution < 1.29 is 9.53 Å². The maximum absolute atomic E-state index is 13.0. The molecule has 1 saturated heterocycles. The molecule has 1 unspecified atom stereocenters. The Bertz CT molecular complexity index is 1060. The van der Waals surface area contributed by atoms with Crippen molar-refractivity contribution in [3.05, 3.63) is 82.1 Å². The van der Waals surface area contributed by atoms with Crippen LogP contribution >= 0.6 is 11.6 Å². The van der Waals surface area contributed by atoms with E-state index in [2.05, 4.69) is 15.3 Å². The lowest BCUT2D eigenvalue weighted by molar-refractivity contribution is 0.0162. The Hall–Kier alpha value is -2.67. The molecule has 0 radical (unpaired) electrons. The van der Waals surface area contributed by atoms with Crippen LogP contribution in [-0.4, -0.2) is 53.4 Å². The molecule has 0 spiro atoms. The lowest BCUT2D eigenvalue weighted by atomic mass is 10.0. The van der Waals surface area contributed by atoms with Gasteiger partial charge in [0.25, 0.3) is 5.91 Å². The molecule has 1 atom stereocenters. The normalized spacial score (nSPS) is 15.6. The molecule has 1 aliphatic rings. The highest BCUT2D eigenvalue weighted by atomic mass is 35.5. The van der Waals surface area contributed by atoms with Crippen LogP contribution in [0.3, 0.4) is 0 Å². The van der Waals surface area contributed by atoms with Gasteiger partial charge in [0.15, 0.2) is 0 Å². The number of hydrogen-bond donors (Lipinski definition) is 1. The van der Waals surface area contributed by atoms with Crippen molar-refractivity contribution in [1.29, 1.82) is 0 Å². The van der Waals surface area contributed by atoms with Crippen LogP contribution < -0.4 is 5.32 Å². The third-order valence-corrected chi connectivity index (χ3v) is 6.05. The topological polar surface area (TPSA) is 59.4 Å². The van der Waals surface area contributed by atoms with E-state index in [1.165, 1.54) is 0 Å². The van der Waals surface area contributed by atoms with Gasteiger partial charge in [-0.25, -0.2) is 4.68 Å². The fourth-order valence-electron chi connectivity index (χ4n) is 4.01. The van der Waals surface area contributed by atoms with Crippen molar-refractivity contribution in [2.24, 2.45) is 0 Å². The first-order chi connectivity index (χ1) is 15.0. The van der Waals surface area contributed by atoms with Crippen molar-refractivity contribution in [1.82, 2.24) is 20.0 Å². The van der Waals surface area contributed by atoms with Crippen LogP contribution in [0, 0.1) is 13.8 Å². The minimum absolute atomic E-state index is 0.0197. The molecule has 6 nitrogen and oxygen atoms in total. The Morgan fingerprint density at radius 3 is 2.68 bits per heavy atom. The van der Waals surface area contributed by atoms with E-state index in [-0.39, 0.29) is 11.9 Å². The first-order valence-corrected chi connectivity index (χ1v) is 10.9. The highest BCUT2D eigenvalue weighted by molar-refractivity contribution is 6.31. The zero-order chi connectivity index (χ0) is 21.8. The van der Waals surface area contributed by atoms with Crippen molar-refractivity contribution >= 4 is 17.5 Å². The van der Waals surface area contributed by atoms with Crippen molar-refractivity contribution in [3.8, 4) is 5.69 Å². The predicted molar refractivity (Wildman–Crippen MR) is 122 cm³/mol. The van der Waals surface area contributed by atoms with Gasteiger partial charge in [-0.1, -0.05) is 41.9 Å². The molecule has 162 valence electrons. The van der Waals surface area contributed by atoms with Gasteiger partial charge in [0.2, 0.25) is 0 Å². The van der Waals surface area contributed by atoms with E-state index in [9.17, 15) is 4.79 Å². The number of halogens is 1. The number of carbonyl (C=O) groups is 1. The molecule has 1 N–H and O–H groups in total. The molecule has 2 heterocycles. The van der Waals surface area contributed by atoms with Gasteiger partial charge in [-0.05, 0) is 43.2 Å². The fraction of sp³-hybridized carbons (Fsp3) is 0.333. The summed E-state index contributed by atoms with van der Waals surface area (Å²) in [6.45, 7) is 7.37. The Morgan fingerprint density at radius 2 is 1.94 bits per heavy atom. The lowest BCUT2D eigenvalue weighted by Crippen LogP contribution is -2.44. The van der Waals surface area contributed by atoms with Crippen LogP contribution in [0.4, 0.5) is 0 Å². The molecule has 2 aromatic carbocycles. The second kappa shape index (κ2) is 9.64. The van der Waals surface area contributed by atoms with Crippen molar-refractivity contribution in [3.63, 3.8) is 0 Å². The minimum atomic E-state index is -0.137. The van der Waals surface area contributed by atoms with E-state index in [0.29, 0.717) is 30.3 Å². The van der Waals surface area contributed by atoms with Gasteiger partial charge in [-0.3, -0.25) is 9.69 Å². The van der Waals surface area contributed by atoms with Crippen LogP contribution in [-0.2, 0) is 4.74 Å². The molecule has 1 amide bonds. The minimum Gasteiger partial charge on any atom is -0.379 e. The van der Waals surface area contributed by atoms with E-state index >= 15 is 0 Å². The van der Waals surface area contributed by atoms with Gasteiger partial charge >= 0.3 is 0 Å². The molecule has 0 saturated carbocycles. The molecule has 31 heavy (non-hydrogen) atoms. The van der Waals surface area contributed by atoms with Crippen molar-refractivity contribution in [2.45, 2.75) is 19.9 Å². The predicted octanol–water partition coefficient (Wildman–Crippen LogP) is 3.95. The van der Waals surface area contributed by atoms with Crippen LogP contribution in [0.2, 0.25) is 5.02 Å². The summed E-state index contributed by atoms with van der Waals surface area (Å²) in [7, 11) is 0. The summed E-state index contributed by atoms with van der Waals surface area (Å²) < 4.78 is 7.31. The van der Waals surface area contributed by atoms with Gasteiger partial charge in [-0.15, -0.1) is 0 Å². The Kier molecular flexibility index (Phi) is 6.70. The first kappa shape index (κ1) is 21.6. The van der Waals surface area contributed by atoms with Gasteiger partial charge in [-0.2, -0.15) is 5.10 Å². The largest absolute Gasteiger partial charge is 0.379 e. The number of nitrogens with zero attached hydrogens (tertiary/aromatic N) is 3. The third kappa shape index (κ3) is 4.82. The van der Waals surface area contributed by atoms with Crippen LogP contribution in [0.25, 0.3) is 5.69 Å². The number of aromatic nitrogens is 2. The zero-order valence-corrected chi connectivity index (χ0v) is 18.6. The molecule has 1 aliphatic heterocycles. The van der Waals surface area contributed by atoms with Gasteiger partial charge in [0, 0.05) is 24.7 Å². The summed E-state index contributed by atoms with van der Waals surface area (Å²) in [4.78, 5) is 15.4. The van der Waals surface area contributed by atoms with E-state index in [1.54, 1.807) is 10.9 Å². The second-order valence-electron chi connectivity index (χ2n) is 7.79. The molecule has 0 bridgehead atoms. The van der Waals surface area contributed by atoms with E-state index in [0.717, 1.165) is 35.6 Å². The monoisotopic (exact) mass is 438 g/mol. The number of morpholine rings is 1. The Labute approximate surface area is 187 Å². The summed E-state index contributed by atoms with van der Waals surface area (Å²) in [6, 6.07) is 15.9. The van der Waals surface area contributed by atoms with E-state index in [4.69, 9.17) is 16.3 Å². The maximum atomic E-state index is 13.0. The van der Waals surface area contributed by atoms with Gasteiger partial charge in [0.1, 0.15) is 0 Å². The third-order valence-electron chi connectivity index (χ3n) is 5.71. The Morgan fingerprint density at radius 1 is 1.16 bits per heavy atom. The highest BCUT2D eigenvalue weighted by Gasteiger charge is 2.25. The van der Waals surface area contributed by atoms with E-state index in [1.807, 2.05) is 62.4 Å². The summed E-state index contributed by atoms with van der Waals surface area (Å²) >= 11 is 6.50. The number of carbonyl (C=O) groups excluding carboxylic acids is 1. The van der Waals surface area contributed by atoms with Crippen LogP contribution in [0.5, 0.6) is 0 Å². The zero-order valence-electron chi connectivity index (χ0n) is 17.8. The van der Waals surface area contributed by atoms with Crippen molar-refractivity contribution in [2.75, 3.05) is 32.8 Å². The molecule has 1 aromatic heterocycles. The summed E-state index contributed by atoms with van der Waals surface area (Å²) in [5.74, 6) is -0.137. The van der Waals surface area contributed by atoms with Gasteiger partial charge in [0.05, 0.1) is 42.4 Å². The molecule has 4 rings (SSSR count). The Balaban J connectivity index is 1.52. The number of benzene rings is 2. The smallest absolute Gasteiger partial charge is 0.254 e.